The highest BCUT2D eigenvalue weighted by Gasteiger charge is 2.67. The van der Waals surface area contributed by atoms with E-state index in [1.54, 1.807) is 0 Å². The molecule has 3 N–H and O–H groups in total. The Morgan fingerprint density at radius 2 is 1.94 bits per heavy atom. The molecule has 3 atom stereocenters. The molecule has 0 radical (unpaired) electrons. The molecular weight excluding hydrogens is 226 g/mol. The zero-order valence-electron chi connectivity index (χ0n) is 9.00. The largest absolute Gasteiger partial charge is 0.394 e. The van der Waals surface area contributed by atoms with Crippen molar-refractivity contribution >= 4 is 9.84 Å². The van der Waals surface area contributed by atoms with Gasteiger partial charge in [-0.15, -0.1) is 0 Å². The van der Waals surface area contributed by atoms with Gasteiger partial charge in [-0.05, 0) is 5.56 Å². The van der Waals surface area contributed by atoms with Gasteiger partial charge in [0.25, 0.3) is 0 Å². The van der Waals surface area contributed by atoms with E-state index in [9.17, 15) is 13.5 Å². The molecule has 1 aromatic carbocycles. The summed E-state index contributed by atoms with van der Waals surface area (Å²) in [6, 6.07) is 9.22. The first-order valence-electron chi connectivity index (χ1n) is 5.05. The van der Waals surface area contributed by atoms with E-state index in [2.05, 4.69) is 0 Å². The van der Waals surface area contributed by atoms with Crippen molar-refractivity contribution in [1.82, 2.24) is 0 Å². The van der Waals surface area contributed by atoms with Crippen LogP contribution in [-0.2, 0) is 9.84 Å². The molecule has 0 amide bonds. The molecule has 0 unspecified atom stereocenters. The van der Waals surface area contributed by atoms with Gasteiger partial charge in [-0.25, -0.2) is 8.42 Å². The molecule has 1 aromatic rings. The zero-order valence-corrected chi connectivity index (χ0v) is 9.81. The molecule has 1 fully saturated rings. The number of aliphatic hydroxyl groups excluding tert-OH is 1. The van der Waals surface area contributed by atoms with Crippen LogP contribution in [0.3, 0.4) is 0 Å². The summed E-state index contributed by atoms with van der Waals surface area (Å²) in [6.07, 6.45) is 1.16. The topological polar surface area (TPSA) is 80.4 Å². The van der Waals surface area contributed by atoms with E-state index in [0.717, 1.165) is 11.8 Å². The van der Waals surface area contributed by atoms with E-state index >= 15 is 0 Å². The molecule has 0 aromatic heterocycles. The second-order valence-electron chi connectivity index (χ2n) is 4.41. The molecule has 4 nitrogen and oxygen atoms in total. The molecule has 0 aliphatic heterocycles. The first-order valence-corrected chi connectivity index (χ1v) is 7.00. The number of sulfone groups is 1. The monoisotopic (exact) mass is 241 g/mol. The summed E-state index contributed by atoms with van der Waals surface area (Å²) in [5.74, 6) is -0.298. The molecule has 5 heteroatoms. The van der Waals surface area contributed by atoms with Gasteiger partial charge in [-0.2, -0.15) is 0 Å². The Kier molecular flexibility index (Phi) is 2.57. The quantitative estimate of drug-likeness (QED) is 0.773. The maximum atomic E-state index is 11.6. The number of hydrogen-bond donors (Lipinski definition) is 2. The average molecular weight is 241 g/mol. The Morgan fingerprint density at radius 1 is 1.38 bits per heavy atom. The van der Waals surface area contributed by atoms with Gasteiger partial charge in [0.1, 0.15) is 0 Å². The van der Waals surface area contributed by atoms with Crippen LogP contribution in [-0.4, -0.2) is 37.2 Å². The van der Waals surface area contributed by atoms with Crippen LogP contribution in [0.5, 0.6) is 0 Å². The van der Waals surface area contributed by atoms with E-state index in [1.165, 1.54) is 0 Å². The van der Waals surface area contributed by atoms with E-state index in [1.807, 2.05) is 30.3 Å². The van der Waals surface area contributed by atoms with Gasteiger partial charge in [0, 0.05) is 12.2 Å². The lowest BCUT2D eigenvalue weighted by Gasteiger charge is -2.06. The average Bonchev–Trinajstić information content (AvgIpc) is 2.87. The minimum Gasteiger partial charge on any atom is -0.394 e. The second kappa shape index (κ2) is 3.55. The number of aliphatic hydroxyl groups is 1. The van der Waals surface area contributed by atoms with Crippen molar-refractivity contribution in [1.29, 1.82) is 0 Å². The highest BCUT2D eigenvalue weighted by atomic mass is 32.2. The molecule has 2 rings (SSSR count). The molecule has 0 spiro atoms. The Morgan fingerprint density at radius 3 is 2.31 bits per heavy atom. The number of nitrogens with two attached hydrogens (primary N) is 1. The third-order valence-corrected chi connectivity index (χ3v) is 4.83. The maximum Gasteiger partial charge on any atom is 0.152 e. The lowest BCUT2D eigenvalue weighted by atomic mass is 10.1. The van der Waals surface area contributed by atoms with Crippen LogP contribution >= 0.6 is 0 Å². The lowest BCUT2D eigenvalue weighted by Crippen LogP contribution is -2.34. The molecule has 1 aliphatic rings. The van der Waals surface area contributed by atoms with E-state index in [0.29, 0.717) is 0 Å². The fourth-order valence-electron chi connectivity index (χ4n) is 2.40. The highest BCUT2D eigenvalue weighted by Crippen LogP contribution is 2.53. The Balaban J connectivity index is 2.38. The summed E-state index contributed by atoms with van der Waals surface area (Å²) in [5, 5.41) is 8.57. The number of hydrogen-bond acceptors (Lipinski definition) is 4. The lowest BCUT2D eigenvalue weighted by molar-refractivity contribution is 0.253. The zero-order chi connectivity index (χ0) is 12.0. The fourth-order valence-corrected chi connectivity index (χ4v) is 4.25. The fraction of sp³-hybridized carbons (Fsp3) is 0.455. The second-order valence-corrected chi connectivity index (χ2v) is 6.58. The van der Waals surface area contributed by atoms with Crippen LogP contribution in [0.1, 0.15) is 11.5 Å². The molecular formula is C11H15NO3S. The van der Waals surface area contributed by atoms with Gasteiger partial charge in [-0.1, -0.05) is 30.3 Å². The van der Waals surface area contributed by atoms with Gasteiger partial charge < -0.3 is 10.8 Å². The van der Waals surface area contributed by atoms with Gasteiger partial charge in [0.15, 0.2) is 9.84 Å². The summed E-state index contributed by atoms with van der Waals surface area (Å²) in [6.45, 7) is -0.315. The first-order chi connectivity index (χ1) is 7.41. The van der Waals surface area contributed by atoms with Crippen molar-refractivity contribution in [2.45, 2.75) is 16.7 Å². The number of rotatable bonds is 3. The maximum absolute atomic E-state index is 11.6. The van der Waals surface area contributed by atoms with Crippen LogP contribution in [0, 0.1) is 0 Å². The SMILES string of the molecule is CS(=O)(=O)[C@@H]1[C@H](c2ccccc2)[C@]1(N)CO. The van der Waals surface area contributed by atoms with Crippen LogP contribution in [0.4, 0.5) is 0 Å². The molecule has 0 saturated heterocycles. The third-order valence-electron chi connectivity index (χ3n) is 3.20. The Labute approximate surface area is 95.0 Å². The van der Waals surface area contributed by atoms with Crippen molar-refractivity contribution in [3.8, 4) is 0 Å². The Bertz CT molecular complexity index is 485. The predicted molar refractivity (Wildman–Crippen MR) is 61.8 cm³/mol. The van der Waals surface area contributed by atoms with Crippen LogP contribution in [0.25, 0.3) is 0 Å². The molecule has 0 heterocycles. The van der Waals surface area contributed by atoms with Crippen molar-refractivity contribution in [2.75, 3.05) is 12.9 Å². The van der Waals surface area contributed by atoms with Gasteiger partial charge >= 0.3 is 0 Å². The van der Waals surface area contributed by atoms with Gasteiger partial charge in [0.2, 0.25) is 0 Å². The Hall–Kier alpha value is -0.910. The molecule has 1 saturated carbocycles. The minimum atomic E-state index is -3.23. The van der Waals surface area contributed by atoms with Crippen LogP contribution in [0.15, 0.2) is 30.3 Å². The number of benzene rings is 1. The van der Waals surface area contributed by atoms with Crippen LogP contribution < -0.4 is 5.73 Å². The standard InChI is InChI=1S/C11H15NO3S/c1-16(14,15)10-9(11(10,12)7-13)8-5-3-2-4-6-8/h2-6,9-10,13H,7,12H2,1H3/t9-,10+,11+/m0/s1. The summed E-state index contributed by atoms with van der Waals surface area (Å²) in [4.78, 5) is 0. The third kappa shape index (κ3) is 1.65. The normalized spacial score (nSPS) is 33.7. The summed E-state index contributed by atoms with van der Waals surface area (Å²) in [5.41, 5.74) is 5.77. The summed E-state index contributed by atoms with van der Waals surface area (Å²) >= 11 is 0. The highest BCUT2D eigenvalue weighted by molar-refractivity contribution is 7.91. The van der Waals surface area contributed by atoms with Gasteiger partial charge in [-0.3, -0.25) is 0 Å². The molecule has 88 valence electrons. The van der Waals surface area contributed by atoms with E-state index in [-0.39, 0.29) is 12.5 Å². The summed E-state index contributed by atoms with van der Waals surface area (Å²) < 4.78 is 23.1. The predicted octanol–water partition coefficient (Wildman–Crippen LogP) is -0.113. The molecule has 1 aliphatic carbocycles. The van der Waals surface area contributed by atoms with Crippen LogP contribution in [0.2, 0.25) is 0 Å². The molecule has 16 heavy (non-hydrogen) atoms. The van der Waals surface area contributed by atoms with Crippen molar-refractivity contribution in [3.05, 3.63) is 35.9 Å². The smallest absolute Gasteiger partial charge is 0.152 e. The first kappa shape index (κ1) is 11.6. The van der Waals surface area contributed by atoms with Crippen molar-refractivity contribution < 1.29 is 13.5 Å². The van der Waals surface area contributed by atoms with Crippen molar-refractivity contribution in [3.63, 3.8) is 0 Å². The van der Waals surface area contributed by atoms with E-state index < -0.39 is 20.6 Å². The minimum absolute atomic E-state index is 0.298. The summed E-state index contributed by atoms with van der Waals surface area (Å²) in [7, 11) is -3.23. The van der Waals surface area contributed by atoms with Gasteiger partial charge in [0.05, 0.1) is 17.4 Å². The van der Waals surface area contributed by atoms with E-state index in [4.69, 9.17) is 5.73 Å². The van der Waals surface area contributed by atoms with Crippen molar-refractivity contribution in [2.24, 2.45) is 5.73 Å². The molecule has 0 bridgehead atoms.